The van der Waals surface area contributed by atoms with Gasteiger partial charge < -0.3 is 19.1 Å². The van der Waals surface area contributed by atoms with Gasteiger partial charge in [-0.2, -0.15) is 0 Å². The van der Waals surface area contributed by atoms with E-state index < -0.39 is 0 Å². The molecule has 2 fully saturated rings. The molecule has 6 heteroatoms. The summed E-state index contributed by atoms with van der Waals surface area (Å²) < 4.78 is 16.8. The maximum atomic E-state index is 12.9. The van der Waals surface area contributed by atoms with E-state index in [1.165, 1.54) is 7.11 Å². The molecule has 1 saturated carbocycles. The fourth-order valence-corrected chi connectivity index (χ4v) is 3.43. The van der Waals surface area contributed by atoms with E-state index in [1.54, 1.807) is 18.3 Å². The molecule has 120 valence electrons. The van der Waals surface area contributed by atoms with Crippen molar-refractivity contribution < 1.29 is 19.0 Å². The van der Waals surface area contributed by atoms with Gasteiger partial charge in [0.1, 0.15) is 11.7 Å². The van der Waals surface area contributed by atoms with Gasteiger partial charge in [0.15, 0.2) is 0 Å². The number of hydrogen-bond donors (Lipinski definition) is 0. The summed E-state index contributed by atoms with van der Waals surface area (Å²) in [6, 6.07) is 3.58. The van der Waals surface area contributed by atoms with E-state index in [0.29, 0.717) is 31.2 Å². The minimum absolute atomic E-state index is 0.0275. The number of hydrogen-bond acceptors (Lipinski definition) is 5. The Kier molecular flexibility index (Phi) is 4.59. The Morgan fingerprint density at radius 3 is 3.14 bits per heavy atom. The van der Waals surface area contributed by atoms with Crippen molar-refractivity contribution in [1.29, 1.82) is 0 Å². The van der Waals surface area contributed by atoms with E-state index in [2.05, 4.69) is 4.98 Å². The molecular formula is C16H22N2O4. The Morgan fingerprint density at radius 1 is 1.50 bits per heavy atom. The Morgan fingerprint density at radius 2 is 2.36 bits per heavy atom. The van der Waals surface area contributed by atoms with Gasteiger partial charge >= 0.3 is 0 Å². The van der Waals surface area contributed by atoms with Gasteiger partial charge in [-0.25, -0.2) is 4.98 Å². The zero-order chi connectivity index (χ0) is 15.5. The summed E-state index contributed by atoms with van der Waals surface area (Å²) in [7, 11) is 1.53. The molecule has 1 aromatic rings. The first-order valence-corrected chi connectivity index (χ1v) is 7.79. The number of aromatic nitrogens is 1. The maximum Gasteiger partial charge on any atom is 0.259 e. The Bertz CT molecular complexity index is 537. The number of morpholine rings is 1. The molecule has 22 heavy (non-hydrogen) atoms. The molecule has 3 atom stereocenters. The maximum absolute atomic E-state index is 12.9. The van der Waals surface area contributed by atoms with Crippen LogP contribution in [0.1, 0.15) is 30.1 Å². The van der Waals surface area contributed by atoms with Crippen LogP contribution in [0.15, 0.2) is 18.3 Å². The number of nitrogens with zero attached hydrogens (tertiary/aromatic N) is 2. The highest BCUT2D eigenvalue weighted by Crippen LogP contribution is 2.33. The molecule has 0 radical (unpaired) electrons. The van der Waals surface area contributed by atoms with Gasteiger partial charge in [-0.15, -0.1) is 0 Å². The number of ether oxygens (including phenoxy) is 3. The number of methoxy groups -OCH3 is 1. The van der Waals surface area contributed by atoms with E-state index >= 15 is 0 Å². The molecule has 0 bridgehead atoms. The minimum atomic E-state index is -0.0413. The molecule has 6 nitrogen and oxygen atoms in total. The number of carbonyl (C=O) groups excluding carboxylic acids is 1. The second-order valence-corrected chi connectivity index (χ2v) is 5.53. The molecule has 0 spiro atoms. The van der Waals surface area contributed by atoms with Crippen LogP contribution in [0.25, 0.3) is 0 Å². The highest BCUT2D eigenvalue weighted by Gasteiger charge is 2.45. The normalized spacial score (nSPS) is 27.5. The monoisotopic (exact) mass is 306 g/mol. The van der Waals surface area contributed by atoms with Crippen molar-refractivity contribution in [2.45, 2.75) is 38.0 Å². The van der Waals surface area contributed by atoms with E-state index in [4.69, 9.17) is 14.2 Å². The molecule has 2 aliphatic rings. The summed E-state index contributed by atoms with van der Waals surface area (Å²) in [6.45, 7) is 3.79. The Balaban J connectivity index is 1.81. The third kappa shape index (κ3) is 2.68. The van der Waals surface area contributed by atoms with Crippen molar-refractivity contribution in [2.24, 2.45) is 0 Å². The van der Waals surface area contributed by atoms with Crippen LogP contribution in [0, 0.1) is 0 Å². The lowest BCUT2D eigenvalue weighted by Crippen LogP contribution is -2.54. The third-order valence-corrected chi connectivity index (χ3v) is 4.37. The fourth-order valence-electron chi connectivity index (χ4n) is 3.43. The van der Waals surface area contributed by atoms with Crippen LogP contribution in [0.2, 0.25) is 0 Å². The number of pyridine rings is 1. The first-order chi connectivity index (χ1) is 10.8. The van der Waals surface area contributed by atoms with Crippen molar-refractivity contribution in [1.82, 2.24) is 9.88 Å². The van der Waals surface area contributed by atoms with E-state index in [0.717, 1.165) is 12.8 Å². The van der Waals surface area contributed by atoms with Crippen molar-refractivity contribution >= 4 is 5.91 Å². The summed E-state index contributed by atoms with van der Waals surface area (Å²) in [6.07, 6.45) is 3.51. The molecule has 1 aromatic heterocycles. The summed E-state index contributed by atoms with van der Waals surface area (Å²) in [5.41, 5.74) is 0.505. The average Bonchev–Trinajstić information content (AvgIpc) is 2.98. The summed E-state index contributed by atoms with van der Waals surface area (Å²) in [5.74, 6) is 0.329. The van der Waals surface area contributed by atoms with Gasteiger partial charge in [0.25, 0.3) is 5.91 Å². The number of carbonyl (C=O) groups is 1. The standard InChI is InChI=1S/C16H22N2O4/c1-3-21-13-7-6-12-14(13)22-10-9-18(12)16(19)11-5-4-8-17-15(11)20-2/h4-5,8,12-14H,3,6-7,9-10H2,1-2H3/t12-,13-,14-/m1/s1. The predicted molar refractivity (Wildman–Crippen MR) is 80.0 cm³/mol. The minimum Gasteiger partial charge on any atom is -0.480 e. The summed E-state index contributed by atoms with van der Waals surface area (Å²) in [4.78, 5) is 18.9. The zero-order valence-corrected chi connectivity index (χ0v) is 13.0. The fraction of sp³-hybridized carbons (Fsp3) is 0.625. The smallest absolute Gasteiger partial charge is 0.259 e. The number of amides is 1. The van der Waals surface area contributed by atoms with Crippen molar-refractivity contribution in [3.8, 4) is 5.88 Å². The number of fused-ring (bicyclic) bond motifs is 1. The van der Waals surface area contributed by atoms with Gasteiger partial charge in [0, 0.05) is 19.3 Å². The van der Waals surface area contributed by atoms with Crippen LogP contribution in [-0.4, -0.2) is 60.9 Å². The van der Waals surface area contributed by atoms with Gasteiger partial charge in [-0.3, -0.25) is 4.79 Å². The molecule has 1 aliphatic heterocycles. The zero-order valence-electron chi connectivity index (χ0n) is 13.0. The summed E-state index contributed by atoms with van der Waals surface area (Å²) >= 11 is 0. The van der Waals surface area contributed by atoms with E-state index in [-0.39, 0.29) is 24.2 Å². The lowest BCUT2D eigenvalue weighted by molar-refractivity contribution is -0.102. The predicted octanol–water partition coefficient (Wildman–Crippen LogP) is 1.50. The molecule has 1 saturated heterocycles. The molecule has 2 heterocycles. The Labute approximate surface area is 130 Å². The third-order valence-electron chi connectivity index (χ3n) is 4.37. The van der Waals surface area contributed by atoms with Gasteiger partial charge in [-0.05, 0) is 31.9 Å². The molecule has 3 rings (SSSR count). The SMILES string of the molecule is CCO[C@@H]1CC[C@@H]2[C@H]1OCCN2C(=O)c1cccnc1OC. The largest absolute Gasteiger partial charge is 0.480 e. The van der Waals surface area contributed by atoms with Crippen LogP contribution in [0.5, 0.6) is 5.88 Å². The van der Waals surface area contributed by atoms with Gasteiger partial charge in [0.05, 0.1) is 25.9 Å². The van der Waals surface area contributed by atoms with Gasteiger partial charge in [0.2, 0.25) is 5.88 Å². The molecule has 1 aliphatic carbocycles. The molecule has 1 amide bonds. The summed E-state index contributed by atoms with van der Waals surface area (Å²) in [5, 5.41) is 0. The van der Waals surface area contributed by atoms with Crippen molar-refractivity contribution in [2.75, 3.05) is 26.9 Å². The van der Waals surface area contributed by atoms with Crippen molar-refractivity contribution in [3.63, 3.8) is 0 Å². The number of rotatable bonds is 4. The molecule has 0 unspecified atom stereocenters. The molecular weight excluding hydrogens is 284 g/mol. The van der Waals surface area contributed by atoms with Crippen LogP contribution in [-0.2, 0) is 9.47 Å². The van der Waals surface area contributed by atoms with Gasteiger partial charge in [-0.1, -0.05) is 0 Å². The van der Waals surface area contributed by atoms with Crippen LogP contribution in [0.3, 0.4) is 0 Å². The lowest BCUT2D eigenvalue weighted by atomic mass is 10.1. The lowest BCUT2D eigenvalue weighted by Gasteiger charge is -2.39. The molecule has 0 aromatic carbocycles. The van der Waals surface area contributed by atoms with E-state index in [9.17, 15) is 4.79 Å². The Hall–Kier alpha value is -1.66. The second-order valence-electron chi connectivity index (χ2n) is 5.53. The van der Waals surface area contributed by atoms with Crippen LogP contribution >= 0.6 is 0 Å². The highest BCUT2D eigenvalue weighted by atomic mass is 16.5. The quantitative estimate of drug-likeness (QED) is 0.843. The van der Waals surface area contributed by atoms with Crippen LogP contribution < -0.4 is 4.74 Å². The van der Waals surface area contributed by atoms with Crippen molar-refractivity contribution in [3.05, 3.63) is 23.9 Å². The first kappa shape index (κ1) is 15.2. The highest BCUT2D eigenvalue weighted by molar-refractivity contribution is 5.96. The topological polar surface area (TPSA) is 60.9 Å². The molecule has 0 N–H and O–H groups in total. The average molecular weight is 306 g/mol. The van der Waals surface area contributed by atoms with E-state index in [1.807, 2.05) is 11.8 Å². The second kappa shape index (κ2) is 6.62. The van der Waals surface area contributed by atoms with Crippen LogP contribution in [0.4, 0.5) is 0 Å². The first-order valence-electron chi connectivity index (χ1n) is 7.79.